The Morgan fingerprint density at radius 1 is 0.775 bits per heavy atom. The first-order valence-corrected chi connectivity index (χ1v) is 31.5. The number of anilines is 4. The lowest BCUT2D eigenvalue weighted by atomic mass is 9.73. The van der Waals surface area contributed by atoms with Crippen LogP contribution in [-0.2, 0) is 25.5 Å². The Hall–Kier alpha value is -7.95. The Morgan fingerprint density at radius 2 is 1.48 bits per heavy atom. The van der Waals surface area contributed by atoms with Crippen molar-refractivity contribution in [2.24, 2.45) is 32.5 Å². The summed E-state index contributed by atoms with van der Waals surface area (Å²) in [6.07, 6.45) is 15.3. The topological polar surface area (TPSA) is 330 Å². The maximum atomic E-state index is 12.8. The number of carbonyl (C=O) groups excluding carboxylic acids is 1. The molecule has 89 heavy (non-hydrogen) atoms. The summed E-state index contributed by atoms with van der Waals surface area (Å²) in [5.74, 6) is 3.23. The van der Waals surface area contributed by atoms with Crippen LogP contribution in [-0.4, -0.2) is 175 Å². The third-order valence-corrected chi connectivity index (χ3v) is 19.1. The van der Waals surface area contributed by atoms with Crippen molar-refractivity contribution in [2.45, 2.75) is 155 Å². The van der Waals surface area contributed by atoms with Crippen LogP contribution in [0.25, 0.3) is 22.7 Å². The van der Waals surface area contributed by atoms with E-state index in [0.29, 0.717) is 61.5 Å². The minimum atomic E-state index is -0.613. The molecular formula is C61H81N19O9. The van der Waals surface area contributed by atoms with Gasteiger partial charge in [0.1, 0.15) is 34.3 Å². The van der Waals surface area contributed by atoms with Crippen LogP contribution in [0.15, 0.2) is 65.3 Å². The van der Waals surface area contributed by atoms with Gasteiger partial charge in [0.15, 0.2) is 29.0 Å². The number of alkyl carbamates (subject to hydrolysis) is 1. The van der Waals surface area contributed by atoms with E-state index in [2.05, 4.69) is 70.5 Å². The van der Waals surface area contributed by atoms with E-state index in [1.807, 2.05) is 69.1 Å². The number of aliphatic imine (C=N–C) groups is 2. The number of amidine groups is 1. The molecule has 6 aromatic rings. The standard InChI is InChI=1S/C35H50N10O6.C26H31N9O3/c1-22-11-15-44(14-8-9-24(36-19-22)29-40-33(47)51-42-29)31-27-30(45(41-31)26-10-6-7-18-48-26)38-25(20-37-27)43-16-12-35(13-17-43)21-49-23(2)28(35)39-32(46)50-34(3,4)5;1-14-5-8-35(18-4-3-16(31-20(14)18)23-32-25(36)38-33-23)24-21-17(11-29-24)30-19(12-28-21)34-9-6-26(7-10-34)13-37-15(2)22(26)27/h8-9,20,22-23,26,28H,6-7,10-19,21H2,1-5H3,(H,39,46)(H,40,42,47);3-4,12,14-15,22H,5-11,13,27H2,1-2H3,(H,32,33,36)/b9-8-,36-24?;/t22-,23-,26?,28+;14-,15-,22+/m00/s1. The van der Waals surface area contributed by atoms with Gasteiger partial charge in [-0.3, -0.25) is 29.0 Å². The quantitative estimate of drug-likeness (QED) is 0.146. The second kappa shape index (κ2) is 24.4. The molecule has 28 nitrogen and oxygen atoms in total. The zero-order valence-electron chi connectivity index (χ0n) is 51.8. The number of aromatic amines is 2. The molecule has 28 heteroatoms. The fourth-order valence-corrected chi connectivity index (χ4v) is 13.8. The van der Waals surface area contributed by atoms with Crippen molar-refractivity contribution in [1.82, 2.24) is 60.3 Å². The predicted octanol–water partition coefficient (Wildman–Crippen LogP) is 5.81. The summed E-state index contributed by atoms with van der Waals surface area (Å²) in [5.41, 5.74) is 12.0. The van der Waals surface area contributed by atoms with Gasteiger partial charge in [-0.15, -0.1) is 5.10 Å². The van der Waals surface area contributed by atoms with E-state index < -0.39 is 23.2 Å². The number of nitrogens with zero attached hydrogens (tertiary/aromatic N) is 15. The Labute approximate surface area is 514 Å². The number of aromatic nitrogens is 11. The van der Waals surface area contributed by atoms with E-state index in [1.165, 1.54) is 0 Å². The second-order valence-electron chi connectivity index (χ2n) is 26.3. The maximum absolute atomic E-state index is 12.8. The van der Waals surface area contributed by atoms with Gasteiger partial charge in [-0.1, -0.05) is 30.2 Å². The molecule has 1 amide bonds. The van der Waals surface area contributed by atoms with Gasteiger partial charge in [-0.05, 0) is 117 Å². The summed E-state index contributed by atoms with van der Waals surface area (Å²) in [5, 5.41) is 15.9. The zero-order chi connectivity index (χ0) is 61.8. The molecule has 14 rings (SSSR count). The Bertz CT molecular complexity index is 3760. The molecule has 0 bridgehead atoms. The highest BCUT2D eigenvalue weighted by Crippen LogP contribution is 2.45. The number of pyridine rings is 1. The lowest BCUT2D eigenvalue weighted by Gasteiger charge is -2.42. The highest BCUT2D eigenvalue weighted by atomic mass is 16.6. The molecule has 474 valence electrons. The summed E-state index contributed by atoms with van der Waals surface area (Å²) in [7, 11) is 0. The molecule has 5 fully saturated rings. The first-order chi connectivity index (χ1) is 42.9. The minimum absolute atomic E-state index is 0.0754. The molecule has 0 aliphatic carbocycles. The molecular weight excluding hydrogens is 1140 g/mol. The number of fused-ring (bicyclic) bond motifs is 3. The number of hydrogen-bond donors (Lipinski definition) is 4. The van der Waals surface area contributed by atoms with Crippen LogP contribution in [0.5, 0.6) is 0 Å². The number of carbonyl (C=O) groups is 1. The number of ether oxygens (including phenoxy) is 4. The van der Waals surface area contributed by atoms with Crippen LogP contribution in [0.4, 0.5) is 27.9 Å². The number of allylic oxidation sites excluding steroid dienone is 1. The van der Waals surface area contributed by atoms with Gasteiger partial charge >= 0.3 is 17.6 Å². The number of piperidine rings is 2. The van der Waals surface area contributed by atoms with Crippen LogP contribution in [0.1, 0.15) is 141 Å². The number of H-pyrrole nitrogens is 2. The Balaban J connectivity index is 0.000000170. The lowest BCUT2D eigenvalue weighted by Crippen LogP contribution is -2.55. The van der Waals surface area contributed by atoms with E-state index in [1.54, 1.807) is 0 Å². The molecule has 0 saturated carbocycles. The molecule has 1 unspecified atom stereocenters. The van der Waals surface area contributed by atoms with Gasteiger partial charge < -0.3 is 49.6 Å². The number of hydrogen-bond acceptors (Lipinski definition) is 24. The van der Waals surface area contributed by atoms with Crippen molar-refractivity contribution in [2.75, 3.05) is 91.8 Å². The third kappa shape index (κ3) is 12.2. The molecule has 2 spiro atoms. The number of amides is 1. The summed E-state index contributed by atoms with van der Waals surface area (Å²) in [4.78, 5) is 84.4. The van der Waals surface area contributed by atoms with E-state index in [4.69, 9.17) is 69.2 Å². The van der Waals surface area contributed by atoms with E-state index >= 15 is 0 Å². The predicted molar refractivity (Wildman–Crippen MR) is 331 cm³/mol. The SMILES string of the molecule is C[C@@H]1OCC2(CCN(c3cnc4c(n3)CN=C4N3CC[C@H](C)c4nc(-c5noc(=O)[nH]5)ccc43)CC2)[C@@H]1N.C[C@H]1CCN(c2nn(C3CCCCO3)c3nc(N4CCC5(CC4)CO[C@@H](C)[C@H]5NC(=O)OC(C)(C)C)cnc23)C/C=C\C(c2noc(=O)[nH]2)=NC1. The highest BCUT2D eigenvalue weighted by Gasteiger charge is 2.51. The average Bonchev–Trinajstić information content (AvgIpc) is 2.67. The minimum Gasteiger partial charge on any atom is -0.444 e. The average molecular weight is 1220 g/mol. The zero-order valence-corrected chi connectivity index (χ0v) is 51.8. The fourth-order valence-electron chi connectivity index (χ4n) is 13.8. The van der Waals surface area contributed by atoms with Gasteiger partial charge in [0.25, 0.3) is 0 Å². The normalized spacial score (nSPS) is 26.4. The first-order valence-electron chi connectivity index (χ1n) is 31.5. The van der Waals surface area contributed by atoms with Crippen LogP contribution >= 0.6 is 0 Å². The highest BCUT2D eigenvalue weighted by molar-refractivity contribution is 6.11. The second-order valence-corrected chi connectivity index (χ2v) is 26.3. The fraction of sp³-hybridized carbons (Fsp3) is 0.623. The molecule has 7 atom stereocenters. The van der Waals surface area contributed by atoms with Crippen LogP contribution in [0.3, 0.4) is 0 Å². The molecule has 6 aromatic heterocycles. The van der Waals surface area contributed by atoms with Crippen molar-refractivity contribution in [3.8, 4) is 11.5 Å². The van der Waals surface area contributed by atoms with E-state index in [0.717, 1.165) is 155 Å². The van der Waals surface area contributed by atoms with Crippen molar-refractivity contribution in [1.29, 1.82) is 0 Å². The van der Waals surface area contributed by atoms with Gasteiger partial charge in [0, 0.05) is 81.8 Å². The van der Waals surface area contributed by atoms with E-state index in [-0.39, 0.29) is 53.2 Å². The summed E-state index contributed by atoms with van der Waals surface area (Å²) >= 11 is 0. The van der Waals surface area contributed by atoms with Gasteiger partial charge in [-0.25, -0.2) is 44.0 Å². The smallest absolute Gasteiger partial charge is 0.439 e. The first kappa shape index (κ1) is 60.0. The molecule has 8 aliphatic heterocycles. The Kier molecular flexibility index (Phi) is 16.5. The number of nitrogens with two attached hydrogens (primary N) is 1. The molecule has 5 N–H and O–H groups in total. The van der Waals surface area contributed by atoms with Crippen molar-refractivity contribution in [3.63, 3.8) is 0 Å². The van der Waals surface area contributed by atoms with Crippen molar-refractivity contribution in [3.05, 3.63) is 80.7 Å². The van der Waals surface area contributed by atoms with Gasteiger partial charge in [0.2, 0.25) is 11.6 Å². The van der Waals surface area contributed by atoms with Crippen molar-refractivity contribution < 1.29 is 32.8 Å². The largest absolute Gasteiger partial charge is 0.444 e. The van der Waals surface area contributed by atoms with Crippen LogP contribution in [0.2, 0.25) is 0 Å². The van der Waals surface area contributed by atoms with Crippen LogP contribution < -0.4 is 42.2 Å². The van der Waals surface area contributed by atoms with Gasteiger partial charge in [-0.2, -0.15) is 0 Å². The Morgan fingerprint density at radius 3 is 2.18 bits per heavy atom. The molecule has 14 heterocycles. The molecule has 8 aliphatic rings. The number of nitrogens with one attached hydrogen (secondary N) is 3. The lowest BCUT2D eigenvalue weighted by molar-refractivity contribution is -0.0369. The molecule has 5 saturated heterocycles. The van der Waals surface area contributed by atoms with Crippen molar-refractivity contribution >= 4 is 51.9 Å². The number of rotatable bonds is 7. The monoisotopic (exact) mass is 1220 g/mol. The van der Waals surface area contributed by atoms with E-state index in [9.17, 15) is 14.4 Å². The summed E-state index contributed by atoms with van der Waals surface area (Å²) in [6.45, 7) is 22.5. The summed E-state index contributed by atoms with van der Waals surface area (Å²) < 4.78 is 35.1. The molecule has 0 aromatic carbocycles. The van der Waals surface area contributed by atoms with Crippen LogP contribution in [0, 0.1) is 16.7 Å². The summed E-state index contributed by atoms with van der Waals surface area (Å²) in [6, 6.07) is 3.79. The maximum Gasteiger partial charge on any atom is 0.439 e. The third-order valence-electron chi connectivity index (χ3n) is 19.1. The molecule has 0 radical (unpaired) electrons. The van der Waals surface area contributed by atoms with Gasteiger partial charge in [0.05, 0.1) is 67.5 Å².